The monoisotopic (exact) mass is 253 g/mol. The van der Waals surface area contributed by atoms with Crippen molar-refractivity contribution >= 4 is 5.78 Å². The number of Topliss-reactive ketones (excluding diaryl/α,β-unsaturated/α-hetero) is 1. The molecular weight excluding hydrogens is 226 g/mol. The Balaban J connectivity index is 1.84. The van der Waals surface area contributed by atoms with E-state index in [1.165, 1.54) is 12.8 Å². The maximum Gasteiger partial charge on any atom is 0.142 e. The first-order valence-corrected chi connectivity index (χ1v) is 7.41. The van der Waals surface area contributed by atoms with Gasteiger partial charge in [-0.2, -0.15) is 0 Å². The molecule has 2 aliphatic rings. The fraction of sp³-hybridized carbons (Fsp3) is 0.933. The minimum atomic E-state index is -0.0893. The Morgan fingerprint density at radius 3 is 2.61 bits per heavy atom. The Morgan fingerprint density at radius 2 is 2.11 bits per heavy atom. The Hall–Kier alpha value is -0.410. The van der Waals surface area contributed by atoms with Crippen molar-refractivity contribution in [3.63, 3.8) is 0 Å². The maximum absolute atomic E-state index is 12.3. The van der Waals surface area contributed by atoms with Crippen LogP contribution in [0.4, 0.5) is 0 Å². The molecule has 0 aromatic rings. The molecule has 0 spiro atoms. The lowest BCUT2D eigenvalue weighted by atomic mass is 9.89. The van der Waals surface area contributed by atoms with Crippen molar-refractivity contribution in [2.75, 3.05) is 26.2 Å². The molecule has 1 saturated heterocycles. The largest absolute Gasteiger partial charge is 0.377 e. The average molecular weight is 253 g/mol. The van der Waals surface area contributed by atoms with E-state index in [0.717, 1.165) is 39.1 Å². The Labute approximate surface area is 111 Å². The zero-order chi connectivity index (χ0) is 13.2. The molecule has 0 aromatic carbocycles. The average Bonchev–Trinajstić information content (AvgIpc) is 2.92. The van der Waals surface area contributed by atoms with Crippen molar-refractivity contribution in [1.82, 2.24) is 4.90 Å². The van der Waals surface area contributed by atoms with Crippen LogP contribution in [0.25, 0.3) is 0 Å². The van der Waals surface area contributed by atoms with Crippen LogP contribution in [0.2, 0.25) is 0 Å². The summed E-state index contributed by atoms with van der Waals surface area (Å²) in [4.78, 5) is 14.7. The van der Waals surface area contributed by atoms with E-state index in [1.54, 1.807) is 0 Å². The third-order valence-corrected chi connectivity index (χ3v) is 4.57. The highest BCUT2D eigenvalue weighted by molar-refractivity contribution is 5.88. The molecule has 1 aliphatic carbocycles. The van der Waals surface area contributed by atoms with Gasteiger partial charge in [-0.05, 0) is 32.2 Å². The Morgan fingerprint density at radius 1 is 1.33 bits per heavy atom. The lowest BCUT2D eigenvalue weighted by Crippen LogP contribution is -2.38. The van der Waals surface area contributed by atoms with Crippen LogP contribution in [-0.4, -0.2) is 43.0 Å². The van der Waals surface area contributed by atoms with Crippen molar-refractivity contribution in [1.29, 1.82) is 0 Å². The second-order valence-corrected chi connectivity index (χ2v) is 6.47. The third kappa shape index (κ3) is 3.12. The zero-order valence-electron chi connectivity index (χ0n) is 12.1. The van der Waals surface area contributed by atoms with E-state index < -0.39 is 0 Å². The molecule has 1 saturated carbocycles. The van der Waals surface area contributed by atoms with Gasteiger partial charge in [0.25, 0.3) is 0 Å². The normalized spacial score (nSPS) is 31.4. The van der Waals surface area contributed by atoms with Gasteiger partial charge in [-0.3, -0.25) is 4.79 Å². The smallest absolute Gasteiger partial charge is 0.142 e. The van der Waals surface area contributed by atoms with Gasteiger partial charge in [0, 0.05) is 31.0 Å². The Kier molecular flexibility index (Phi) is 4.44. The van der Waals surface area contributed by atoms with Crippen LogP contribution in [0.5, 0.6) is 0 Å². The molecule has 3 nitrogen and oxygen atoms in total. The minimum absolute atomic E-state index is 0.0893. The molecule has 2 fully saturated rings. The predicted octanol–water partition coefficient (Wildman–Crippen LogP) is 2.49. The van der Waals surface area contributed by atoms with Crippen LogP contribution in [0.3, 0.4) is 0 Å². The summed E-state index contributed by atoms with van der Waals surface area (Å²) in [5, 5.41) is 0. The molecule has 104 valence electrons. The van der Waals surface area contributed by atoms with Gasteiger partial charge in [0.1, 0.15) is 5.78 Å². The van der Waals surface area contributed by atoms with Gasteiger partial charge in [-0.1, -0.05) is 20.8 Å². The first kappa shape index (κ1) is 14.0. The summed E-state index contributed by atoms with van der Waals surface area (Å²) in [5.74, 6) is 0.717. The molecule has 2 rings (SSSR count). The van der Waals surface area contributed by atoms with Crippen LogP contribution in [0.15, 0.2) is 0 Å². The summed E-state index contributed by atoms with van der Waals surface area (Å²) in [6.45, 7) is 10.2. The summed E-state index contributed by atoms with van der Waals surface area (Å²) >= 11 is 0. The zero-order valence-corrected chi connectivity index (χ0v) is 12.1. The van der Waals surface area contributed by atoms with E-state index in [0.29, 0.717) is 11.9 Å². The SMILES string of the molecule is CCN(CC1CCCO1)CC1CCC(C)(C)C1=O. The van der Waals surface area contributed by atoms with Crippen LogP contribution in [0, 0.1) is 11.3 Å². The van der Waals surface area contributed by atoms with Gasteiger partial charge in [-0.25, -0.2) is 0 Å². The van der Waals surface area contributed by atoms with Gasteiger partial charge in [0.2, 0.25) is 0 Å². The van der Waals surface area contributed by atoms with Crippen molar-refractivity contribution in [2.24, 2.45) is 11.3 Å². The molecular formula is C15H27NO2. The van der Waals surface area contributed by atoms with E-state index in [-0.39, 0.29) is 11.3 Å². The van der Waals surface area contributed by atoms with E-state index in [2.05, 4.69) is 25.7 Å². The molecule has 2 atom stereocenters. The van der Waals surface area contributed by atoms with Crippen molar-refractivity contribution < 1.29 is 9.53 Å². The molecule has 18 heavy (non-hydrogen) atoms. The lowest BCUT2D eigenvalue weighted by molar-refractivity contribution is -0.128. The molecule has 0 radical (unpaired) electrons. The quantitative estimate of drug-likeness (QED) is 0.754. The van der Waals surface area contributed by atoms with Crippen molar-refractivity contribution in [3.8, 4) is 0 Å². The van der Waals surface area contributed by atoms with Gasteiger partial charge in [-0.15, -0.1) is 0 Å². The molecule has 0 aromatic heterocycles. The highest BCUT2D eigenvalue weighted by Crippen LogP contribution is 2.37. The third-order valence-electron chi connectivity index (χ3n) is 4.57. The number of hydrogen-bond acceptors (Lipinski definition) is 3. The predicted molar refractivity (Wildman–Crippen MR) is 72.6 cm³/mol. The molecule has 1 heterocycles. The topological polar surface area (TPSA) is 29.5 Å². The number of nitrogens with zero attached hydrogens (tertiary/aromatic N) is 1. The summed E-state index contributed by atoms with van der Waals surface area (Å²) in [6.07, 6.45) is 4.88. The van der Waals surface area contributed by atoms with E-state index >= 15 is 0 Å². The number of ether oxygens (including phenoxy) is 1. The first-order chi connectivity index (χ1) is 8.53. The highest BCUT2D eigenvalue weighted by Gasteiger charge is 2.40. The fourth-order valence-corrected chi connectivity index (χ4v) is 3.24. The fourth-order valence-electron chi connectivity index (χ4n) is 3.24. The molecule has 2 unspecified atom stereocenters. The molecule has 0 N–H and O–H groups in total. The van der Waals surface area contributed by atoms with E-state index in [1.807, 2.05) is 0 Å². The van der Waals surface area contributed by atoms with Gasteiger partial charge in [0.15, 0.2) is 0 Å². The summed E-state index contributed by atoms with van der Waals surface area (Å²) < 4.78 is 5.69. The number of likely N-dealkylation sites (N-methyl/N-ethyl adjacent to an activating group) is 1. The summed E-state index contributed by atoms with van der Waals surface area (Å²) in [7, 11) is 0. The number of rotatable bonds is 5. The van der Waals surface area contributed by atoms with E-state index in [9.17, 15) is 4.79 Å². The maximum atomic E-state index is 12.3. The molecule has 3 heteroatoms. The second kappa shape index (κ2) is 5.70. The van der Waals surface area contributed by atoms with Gasteiger partial charge >= 0.3 is 0 Å². The first-order valence-electron chi connectivity index (χ1n) is 7.41. The van der Waals surface area contributed by atoms with E-state index in [4.69, 9.17) is 4.74 Å². The minimum Gasteiger partial charge on any atom is -0.377 e. The van der Waals surface area contributed by atoms with Gasteiger partial charge < -0.3 is 9.64 Å². The number of ketones is 1. The van der Waals surface area contributed by atoms with Gasteiger partial charge in [0.05, 0.1) is 6.10 Å². The molecule has 0 bridgehead atoms. The summed E-state index contributed by atoms with van der Waals surface area (Å²) in [6, 6.07) is 0. The van der Waals surface area contributed by atoms with Crippen molar-refractivity contribution in [3.05, 3.63) is 0 Å². The number of carbonyl (C=O) groups excluding carboxylic acids is 1. The van der Waals surface area contributed by atoms with Crippen LogP contribution in [0.1, 0.15) is 46.5 Å². The Bertz CT molecular complexity index is 295. The highest BCUT2D eigenvalue weighted by atomic mass is 16.5. The number of carbonyl (C=O) groups is 1. The van der Waals surface area contributed by atoms with Crippen molar-refractivity contribution in [2.45, 2.75) is 52.6 Å². The van der Waals surface area contributed by atoms with Crippen LogP contribution < -0.4 is 0 Å². The number of hydrogen-bond donors (Lipinski definition) is 0. The standard InChI is InChI=1S/C15H27NO2/c1-4-16(11-13-6-5-9-18-13)10-12-7-8-15(2,3)14(12)17/h12-13H,4-11H2,1-3H3. The lowest BCUT2D eigenvalue weighted by Gasteiger charge is -2.26. The van der Waals surface area contributed by atoms with Crippen LogP contribution >= 0.6 is 0 Å². The molecule has 0 amide bonds. The summed E-state index contributed by atoms with van der Waals surface area (Å²) in [5.41, 5.74) is -0.0893. The van der Waals surface area contributed by atoms with Crippen LogP contribution in [-0.2, 0) is 9.53 Å². The second-order valence-electron chi connectivity index (χ2n) is 6.47. The molecule has 1 aliphatic heterocycles.